The average Bonchev–Trinajstić information content (AvgIpc) is 2.41. The highest BCUT2D eigenvalue weighted by molar-refractivity contribution is 8.00. The van der Waals surface area contributed by atoms with Gasteiger partial charge in [-0.15, -0.1) is 0 Å². The van der Waals surface area contributed by atoms with Gasteiger partial charge in [-0.25, -0.2) is 9.97 Å². The van der Waals surface area contributed by atoms with Crippen molar-refractivity contribution >= 4 is 35.0 Å². The number of carbonyl (C=O) groups excluding carboxylic acids is 1. The predicted octanol–water partition coefficient (Wildman–Crippen LogP) is 2.38. The third kappa shape index (κ3) is 3.88. The molecule has 116 valence electrons. The van der Waals surface area contributed by atoms with Crippen molar-refractivity contribution in [2.75, 3.05) is 16.8 Å². The fraction of sp³-hybridized carbons (Fsp3) is 0.267. The molecule has 0 aliphatic rings. The van der Waals surface area contributed by atoms with Crippen LogP contribution in [0.4, 0.5) is 17.3 Å². The molecule has 1 aromatic carbocycles. The number of anilines is 3. The number of rotatable bonds is 4. The van der Waals surface area contributed by atoms with Gasteiger partial charge in [0.2, 0.25) is 5.91 Å². The molecule has 1 heterocycles. The second kappa shape index (κ2) is 6.65. The third-order valence-electron chi connectivity index (χ3n) is 3.13. The molecule has 0 fully saturated rings. The smallest absolute Gasteiger partial charge is 0.237 e. The van der Waals surface area contributed by atoms with Gasteiger partial charge in [0.05, 0.1) is 5.25 Å². The van der Waals surface area contributed by atoms with E-state index < -0.39 is 0 Å². The Hall–Kier alpha value is -2.28. The molecule has 6 nitrogen and oxygen atoms in total. The maximum atomic E-state index is 12.3. The molecule has 2 aromatic rings. The van der Waals surface area contributed by atoms with Crippen LogP contribution >= 0.6 is 11.8 Å². The van der Waals surface area contributed by atoms with E-state index >= 15 is 0 Å². The van der Waals surface area contributed by atoms with Crippen LogP contribution in [0.5, 0.6) is 0 Å². The first-order valence-corrected chi connectivity index (χ1v) is 7.68. The van der Waals surface area contributed by atoms with Crippen LogP contribution in [0.25, 0.3) is 0 Å². The Morgan fingerprint density at radius 3 is 2.27 bits per heavy atom. The molecular weight excluding hydrogens is 298 g/mol. The van der Waals surface area contributed by atoms with Crippen LogP contribution in [-0.2, 0) is 4.79 Å². The van der Waals surface area contributed by atoms with Gasteiger partial charge in [-0.05, 0) is 31.9 Å². The predicted molar refractivity (Wildman–Crippen MR) is 90.7 cm³/mol. The summed E-state index contributed by atoms with van der Waals surface area (Å²) in [7, 11) is 0. The summed E-state index contributed by atoms with van der Waals surface area (Å²) in [5.74, 6) is 0.460. The zero-order valence-electron chi connectivity index (χ0n) is 12.8. The van der Waals surface area contributed by atoms with E-state index in [1.165, 1.54) is 17.8 Å². The minimum Gasteiger partial charge on any atom is -0.383 e. The zero-order chi connectivity index (χ0) is 16.3. The number of nitrogens with two attached hydrogens (primary N) is 2. The summed E-state index contributed by atoms with van der Waals surface area (Å²) in [5.41, 5.74) is 14.1. The number of thioether (sulfide) groups is 1. The van der Waals surface area contributed by atoms with E-state index in [1.807, 2.05) is 32.0 Å². The largest absolute Gasteiger partial charge is 0.383 e. The van der Waals surface area contributed by atoms with Gasteiger partial charge in [0.25, 0.3) is 0 Å². The first-order valence-electron chi connectivity index (χ1n) is 6.80. The van der Waals surface area contributed by atoms with Crippen molar-refractivity contribution in [3.8, 4) is 0 Å². The monoisotopic (exact) mass is 317 g/mol. The number of nitrogens with zero attached hydrogens (tertiary/aromatic N) is 2. The second-order valence-electron chi connectivity index (χ2n) is 5.02. The number of amides is 1. The standard InChI is InChI=1S/C15H19N5OS/c1-8-5-4-6-9(2)13(8)20-14(21)10(3)22-15-18-11(16)7-12(17)19-15/h4-7,10H,1-3H3,(H,20,21)(H4,16,17,18,19)/t10-/m0/s1. The fourth-order valence-electron chi connectivity index (χ4n) is 1.96. The number of nitrogens with one attached hydrogen (secondary N) is 1. The summed E-state index contributed by atoms with van der Waals surface area (Å²) >= 11 is 1.22. The molecule has 5 N–H and O–H groups in total. The van der Waals surface area contributed by atoms with Gasteiger partial charge in [-0.2, -0.15) is 0 Å². The number of nitrogen functional groups attached to an aromatic ring is 2. The Kier molecular flexibility index (Phi) is 4.87. The molecule has 7 heteroatoms. The van der Waals surface area contributed by atoms with Gasteiger partial charge in [0, 0.05) is 11.8 Å². The van der Waals surface area contributed by atoms with E-state index in [0.717, 1.165) is 16.8 Å². The Bertz CT molecular complexity index is 664. The Morgan fingerprint density at radius 2 is 1.73 bits per heavy atom. The van der Waals surface area contributed by atoms with Gasteiger partial charge in [0.15, 0.2) is 5.16 Å². The number of para-hydroxylation sites is 1. The average molecular weight is 317 g/mol. The van der Waals surface area contributed by atoms with E-state index in [1.54, 1.807) is 6.92 Å². The highest BCUT2D eigenvalue weighted by Crippen LogP contribution is 2.24. The van der Waals surface area contributed by atoms with E-state index in [-0.39, 0.29) is 22.8 Å². The normalized spacial score (nSPS) is 12.0. The van der Waals surface area contributed by atoms with Crippen LogP contribution in [-0.4, -0.2) is 21.1 Å². The van der Waals surface area contributed by atoms with Crippen molar-refractivity contribution in [2.45, 2.75) is 31.2 Å². The molecular formula is C15H19N5OS. The van der Waals surface area contributed by atoms with Crippen LogP contribution < -0.4 is 16.8 Å². The quantitative estimate of drug-likeness (QED) is 0.590. The van der Waals surface area contributed by atoms with Crippen molar-refractivity contribution in [3.63, 3.8) is 0 Å². The van der Waals surface area contributed by atoms with Crippen molar-refractivity contribution < 1.29 is 4.79 Å². The number of aromatic nitrogens is 2. The summed E-state index contributed by atoms with van der Waals surface area (Å²) in [5, 5.41) is 2.97. The molecule has 22 heavy (non-hydrogen) atoms. The maximum Gasteiger partial charge on any atom is 0.237 e. The third-order valence-corrected chi connectivity index (χ3v) is 4.09. The van der Waals surface area contributed by atoms with Gasteiger partial charge >= 0.3 is 0 Å². The van der Waals surface area contributed by atoms with Crippen LogP contribution in [0, 0.1) is 13.8 Å². The summed E-state index contributed by atoms with van der Waals surface area (Å²) < 4.78 is 0. The van der Waals surface area contributed by atoms with Crippen LogP contribution in [0.2, 0.25) is 0 Å². The molecule has 2 rings (SSSR count). The summed E-state index contributed by atoms with van der Waals surface area (Å²) in [6.45, 7) is 5.71. The Balaban J connectivity index is 2.09. The van der Waals surface area contributed by atoms with E-state index in [4.69, 9.17) is 11.5 Å². The molecule has 0 unspecified atom stereocenters. The molecule has 0 bridgehead atoms. The lowest BCUT2D eigenvalue weighted by molar-refractivity contribution is -0.115. The molecule has 1 amide bonds. The minimum absolute atomic E-state index is 0.119. The maximum absolute atomic E-state index is 12.3. The molecule has 0 aliphatic heterocycles. The molecule has 0 aliphatic carbocycles. The lowest BCUT2D eigenvalue weighted by atomic mass is 10.1. The fourth-order valence-corrected chi connectivity index (χ4v) is 2.76. The topological polar surface area (TPSA) is 107 Å². The van der Waals surface area contributed by atoms with Gasteiger partial charge < -0.3 is 16.8 Å². The number of hydrogen-bond donors (Lipinski definition) is 3. The lowest BCUT2D eigenvalue weighted by Gasteiger charge is -2.15. The highest BCUT2D eigenvalue weighted by Gasteiger charge is 2.18. The molecule has 1 atom stereocenters. The first-order chi connectivity index (χ1) is 10.4. The van der Waals surface area contributed by atoms with Crippen LogP contribution in [0.3, 0.4) is 0 Å². The van der Waals surface area contributed by atoms with Crippen molar-refractivity contribution in [1.82, 2.24) is 9.97 Å². The zero-order valence-corrected chi connectivity index (χ0v) is 13.6. The van der Waals surface area contributed by atoms with E-state index in [2.05, 4.69) is 15.3 Å². The summed E-state index contributed by atoms with van der Waals surface area (Å²) in [6.07, 6.45) is 0. The molecule has 1 aromatic heterocycles. The number of aryl methyl sites for hydroxylation is 2. The highest BCUT2D eigenvalue weighted by atomic mass is 32.2. The van der Waals surface area contributed by atoms with Gasteiger partial charge in [0.1, 0.15) is 11.6 Å². The molecule has 0 spiro atoms. The molecule has 0 saturated heterocycles. The first kappa shape index (κ1) is 16.1. The minimum atomic E-state index is -0.375. The van der Waals surface area contributed by atoms with Crippen LogP contribution in [0.1, 0.15) is 18.1 Å². The van der Waals surface area contributed by atoms with Gasteiger partial charge in [-0.1, -0.05) is 30.0 Å². The van der Waals surface area contributed by atoms with Crippen molar-refractivity contribution in [1.29, 1.82) is 0 Å². The molecule has 0 radical (unpaired) electrons. The van der Waals surface area contributed by atoms with Gasteiger partial charge in [-0.3, -0.25) is 4.79 Å². The van der Waals surface area contributed by atoms with Crippen LogP contribution in [0.15, 0.2) is 29.4 Å². The Morgan fingerprint density at radius 1 is 1.18 bits per heavy atom. The molecule has 0 saturated carbocycles. The van der Waals surface area contributed by atoms with Crippen molar-refractivity contribution in [3.05, 3.63) is 35.4 Å². The summed E-state index contributed by atoms with van der Waals surface area (Å²) in [6, 6.07) is 7.36. The second-order valence-corrected chi connectivity index (χ2v) is 6.32. The summed E-state index contributed by atoms with van der Waals surface area (Å²) in [4.78, 5) is 20.5. The van der Waals surface area contributed by atoms with E-state index in [9.17, 15) is 4.79 Å². The Labute approximate surface area is 133 Å². The SMILES string of the molecule is Cc1cccc(C)c1NC(=O)[C@H](C)Sc1nc(N)cc(N)n1. The van der Waals surface area contributed by atoms with E-state index in [0.29, 0.717) is 5.16 Å². The lowest BCUT2D eigenvalue weighted by Crippen LogP contribution is -2.23. The number of hydrogen-bond acceptors (Lipinski definition) is 6. The van der Waals surface area contributed by atoms with Crippen molar-refractivity contribution in [2.24, 2.45) is 0 Å². The number of carbonyl (C=O) groups is 1. The number of benzene rings is 1.